The van der Waals surface area contributed by atoms with Crippen LogP contribution >= 0.6 is 12.2 Å². The van der Waals surface area contributed by atoms with E-state index in [1.165, 1.54) is 0 Å². The van der Waals surface area contributed by atoms with Crippen LogP contribution in [0.4, 0.5) is 0 Å². The molecular formula is C9H10N3SY-. The topological polar surface area (TPSA) is 33.6 Å². The van der Waals surface area contributed by atoms with Crippen LogP contribution in [0, 0.1) is 24.7 Å². The smallest absolute Gasteiger partial charge is 0.0926 e. The predicted molar refractivity (Wildman–Crippen MR) is 54.2 cm³/mol. The fourth-order valence-electron chi connectivity index (χ4n) is 1.47. The molecule has 2 heterocycles. The molecule has 0 saturated carbocycles. The van der Waals surface area contributed by atoms with E-state index in [4.69, 9.17) is 12.2 Å². The van der Waals surface area contributed by atoms with Crippen molar-refractivity contribution in [3.63, 3.8) is 0 Å². The van der Waals surface area contributed by atoms with Crippen LogP contribution in [-0.4, -0.2) is 14.5 Å². The third-order valence-electron chi connectivity index (χ3n) is 2.25. The van der Waals surface area contributed by atoms with Gasteiger partial charge in [-0.05, 0) is 12.4 Å². The van der Waals surface area contributed by atoms with E-state index >= 15 is 0 Å². The van der Waals surface area contributed by atoms with Gasteiger partial charge in [0, 0.05) is 49.9 Å². The molecule has 14 heavy (non-hydrogen) atoms. The molecule has 71 valence electrons. The minimum absolute atomic E-state index is 0. The SMILES string of the molecule is Cc1[c-][nH]c(=S)c2nc(C)n(C)c12.[Y]. The first-order chi connectivity index (χ1) is 6.11. The van der Waals surface area contributed by atoms with Crippen LogP contribution in [-0.2, 0) is 39.8 Å². The molecule has 2 aromatic rings. The second-order valence-electron chi connectivity index (χ2n) is 3.12. The maximum absolute atomic E-state index is 5.12. The standard InChI is InChI=1S/C9H10N3S.Y/c1-5-4-10-9(13)7-8(5)12(3)6(2)11-7;/h1-3H3,(H,10,13);/q-1;. The number of nitrogens with one attached hydrogen (secondary N) is 1. The summed E-state index contributed by atoms with van der Waals surface area (Å²) < 4.78 is 2.69. The first-order valence-corrected chi connectivity index (χ1v) is 4.45. The molecule has 0 spiro atoms. The molecular weight excluding hydrogens is 271 g/mol. The van der Waals surface area contributed by atoms with Gasteiger partial charge in [-0.3, -0.25) is 4.98 Å². The van der Waals surface area contributed by atoms with Crippen LogP contribution in [0.5, 0.6) is 0 Å². The molecule has 1 radical (unpaired) electrons. The van der Waals surface area contributed by atoms with E-state index in [0.717, 1.165) is 22.4 Å². The second kappa shape index (κ2) is 4.21. The summed E-state index contributed by atoms with van der Waals surface area (Å²) in [5, 5.41) is 0. The zero-order chi connectivity index (χ0) is 9.59. The molecule has 5 heteroatoms. The van der Waals surface area contributed by atoms with Crippen LogP contribution < -0.4 is 0 Å². The second-order valence-corrected chi connectivity index (χ2v) is 3.53. The molecule has 0 fully saturated rings. The quantitative estimate of drug-likeness (QED) is 0.592. The molecule has 2 aromatic heterocycles. The normalized spacial score (nSPS) is 10.2. The van der Waals surface area contributed by atoms with Gasteiger partial charge in [0.15, 0.2) is 0 Å². The third-order valence-corrected chi connectivity index (χ3v) is 2.55. The summed E-state index contributed by atoms with van der Waals surface area (Å²) in [4.78, 5) is 7.28. The van der Waals surface area contributed by atoms with Crippen LogP contribution in [0.3, 0.4) is 0 Å². The number of fused-ring (bicyclic) bond motifs is 1. The number of hydrogen-bond donors (Lipinski definition) is 1. The van der Waals surface area contributed by atoms with Crippen molar-refractivity contribution in [3.8, 4) is 0 Å². The van der Waals surface area contributed by atoms with Gasteiger partial charge in [-0.1, -0.05) is 13.1 Å². The minimum Gasteiger partial charge on any atom is -0.458 e. The van der Waals surface area contributed by atoms with E-state index in [0.29, 0.717) is 4.64 Å². The number of H-pyrrole nitrogens is 1. The molecule has 3 nitrogen and oxygen atoms in total. The molecule has 0 aliphatic rings. The Morgan fingerprint density at radius 3 is 2.64 bits per heavy atom. The fraction of sp³-hybridized carbons (Fsp3) is 0.333. The van der Waals surface area contributed by atoms with Crippen molar-refractivity contribution in [1.82, 2.24) is 14.5 Å². The molecule has 0 bridgehead atoms. The van der Waals surface area contributed by atoms with Gasteiger partial charge in [-0.25, -0.2) is 0 Å². The van der Waals surface area contributed by atoms with Crippen LogP contribution in [0.1, 0.15) is 11.4 Å². The monoisotopic (exact) mass is 281 g/mol. The number of aromatic nitrogens is 3. The molecule has 0 aliphatic heterocycles. The Kier molecular flexibility index (Phi) is 3.61. The predicted octanol–water partition coefficient (Wildman–Crippen LogP) is 2.05. The average molecular weight is 281 g/mol. The Labute approximate surface area is 113 Å². The van der Waals surface area contributed by atoms with Gasteiger partial charge in [0.25, 0.3) is 0 Å². The molecule has 0 saturated heterocycles. The Bertz CT molecular complexity index is 527. The van der Waals surface area contributed by atoms with Gasteiger partial charge in [-0.2, -0.15) is 0 Å². The van der Waals surface area contributed by atoms with E-state index < -0.39 is 0 Å². The summed E-state index contributed by atoms with van der Waals surface area (Å²) in [7, 11) is 1.99. The summed E-state index contributed by atoms with van der Waals surface area (Å²) in [6.07, 6.45) is 3.01. The average Bonchev–Trinajstić information content (AvgIpc) is 2.38. The first kappa shape index (κ1) is 12.0. The molecule has 0 unspecified atom stereocenters. The van der Waals surface area contributed by atoms with E-state index in [9.17, 15) is 0 Å². The van der Waals surface area contributed by atoms with Crippen molar-refractivity contribution in [2.24, 2.45) is 7.05 Å². The van der Waals surface area contributed by atoms with Gasteiger partial charge in [0.1, 0.15) is 0 Å². The van der Waals surface area contributed by atoms with Crippen molar-refractivity contribution >= 4 is 23.3 Å². The molecule has 0 aliphatic carbocycles. The van der Waals surface area contributed by atoms with Crippen LogP contribution in [0.15, 0.2) is 0 Å². The maximum Gasteiger partial charge on any atom is 0.0926 e. The summed E-state index contributed by atoms with van der Waals surface area (Å²) in [6, 6.07) is 0. The number of aryl methyl sites for hydroxylation is 3. The van der Waals surface area contributed by atoms with Gasteiger partial charge in [0.05, 0.1) is 5.82 Å². The van der Waals surface area contributed by atoms with Crippen molar-refractivity contribution < 1.29 is 32.7 Å². The number of pyridine rings is 1. The van der Waals surface area contributed by atoms with E-state index in [-0.39, 0.29) is 32.7 Å². The minimum atomic E-state index is 0. The molecule has 0 aromatic carbocycles. The van der Waals surface area contributed by atoms with Crippen molar-refractivity contribution in [1.29, 1.82) is 0 Å². The summed E-state index contributed by atoms with van der Waals surface area (Å²) >= 11 is 5.12. The van der Waals surface area contributed by atoms with Gasteiger partial charge < -0.3 is 9.55 Å². The Hall–Kier alpha value is -0.0561. The van der Waals surface area contributed by atoms with Crippen molar-refractivity contribution in [3.05, 3.63) is 22.2 Å². The van der Waals surface area contributed by atoms with Gasteiger partial charge in [0.2, 0.25) is 0 Å². The van der Waals surface area contributed by atoms with Gasteiger partial charge in [-0.15, -0.1) is 17.8 Å². The largest absolute Gasteiger partial charge is 0.458 e. The third kappa shape index (κ3) is 1.71. The Morgan fingerprint density at radius 2 is 2.07 bits per heavy atom. The number of nitrogens with zero attached hydrogens (tertiary/aromatic N) is 2. The van der Waals surface area contributed by atoms with Crippen LogP contribution in [0.2, 0.25) is 0 Å². The Morgan fingerprint density at radius 1 is 1.43 bits per heavy atom. The zero-order valence-corrected chi connectivity index (χ0v) is 12.0. The van der Waals surface area contributed by atoms with E-state index in [2.05, 4.69) is 16.2 Å². The van der Waals surface area contributed by atoms with Crippen LogP contribution in [0.25, 0.3) is 11.0 Å². The zero-order valence-electron chi connectivity index (χ0n) is 8.38. The molecule has 2 rings (SSSR count). The molecule has 0 atom stereocenters. The van der Waals surface area contributed by atoms with Crippen molar-refractivity contribution in [2.75, 3.05) is 0 Å². The number of aromatic amines is 1. The Balaban J connectivity index is 0.000000980. The fourth-order valence-corrected chi connectivity index (χ4v) is 1.66. The molecule has 1 N–H and O–H groups in total. The number of hydrogen-bond acceptors (Lipinski definition) is 2. The summed E-state index contributed by atoms with van der Waals surface area (Å²) in [5.41, 5.74) is 2.99. The maximum atomic E-state index is 5.12. The van der Waals surface area contributed by atoms with Gasteiger partial charge >= 0.3 is 0 Å². The van der Waals surface area contributed by atoms with E-state index in [1.54, 1.807) is 0 Å². The van der Waals surface area contributed by atoms with Crippen molar-refractivity contribution in [2.45, 2.75) is 13.8 Å². The number of imidazole rings is 1. The van der Waals surface area contributed by atoms with E-state index in [1.807, 2.05) is 25.5 Å². The first-order valence-electron chi connectivity index (χ1n) is 4.05. The summed E-state index contributed by atoms with van der Waals surface area (Å²) in [6.45, 7) is 3.96. The summed E-state index contributed by atoms with van der Waals surface area (Å²) in [5.74, 6) is 0.970. The number of rotatable bonds is 0. The molecule has 0 amide bonds.